The maximum absolute atomic E-state index is 10.9. The summed E-state index contributed by atoms with van der Waals surface area (Å²) < 4.78 is 0. The summed E-state index contributed by atoms with van der Waals surface area (Å²) in [5.74, 6) is 0.212. The van der Waals surface area contributed by atoms with Gasteiger partial charge >= 0.3 is 0 Å². The normalized spacial score (nSPS) is 28.8. The third-order valence-corrected chi connectivity index (χ3v) is 1.28. The quantitative estimate of drug-likeness (QED) is 0.497. The molecule has 4 heteroatoms. The zero-order valence-electron chi connectivity index (χ0n) is 5.96. The van der Waals surface area contributed by atoms with E-state index in [-0.39, 0.29) is 11.8 Å². The molecule has 0 saturated heterocycles. The summed E-state index contributed by atoms with van der Waals surface area (Å²) in [6.45, 7) is 1.78. The van der Waals surface area contributed by atoms with Crippen molar-refractivity contribution in [1.82, 2.24) is 5.32 Å². The summed E-state index contributed by atoms with van der Waals surface area (Å²) in [6.07, 6.45) is 1.58. The molecule has 0 aliphatic carbocycles. The fourth-order valence-electron chi connectivity index (χ4n) is 0.620. The van der Waals surface area contributed by atoms with Crippen molar-refractivity contribution in [2.75, 3.05) is 7.05 Å². The minimum absolute atomic E-state index is 0.0457. The Morgan fingerprint density at radius 2 is 2.50 bits per heavy atom. The van der Waals surface area contributed by atoms with Gasteiger partial charge in [-0.2, -0.15) is 0 Å². The van der Waals surface area contributed by atoms with Gasteiger partial charge in [-0.05, 0) is 6.92 Å². The minimum atomic E-state index is -0.134. The molecule has 0 aromatic carbocycles. The molecular formula is C6H9N3O. The molecule has 0 aromatic heterocycles. The maximum atomic E-state index is 10.9. The van der Waals surface area contributed by atoms with Gasteiger partial charge in [0.15, 0.2) is 0 Å². The summed E-state index contributed by atoms with van der Waals surface area (Å²) in [5, 5.41) is 2.53. The van der Waals surface area contributed by atoms with E-state index in [0.29, 0.717) is 5.96 Å². The molecule has 54 valence electrons. The molecule has 1 unspecified atom stereocenters. The molecule has 0 aromatic rings. The van der Waals surface area contributed by atoms with Gasteiger partial charge < -0.3 is 0 Å². The average Bonchev–Trinajstić information content (AvgIpc) is 1.95. The van der Waals surface area contributed by atoms with Crippen molar-refractivity contribution in [2.24, 2.45) is 15.9 Å². The van der Waals surface area contributed by atoms with E-state index >= 15 is 0 Å². The van der Waals surface area contributed by atoms with Crippen LogP contribution in [0.1, 0.15) is 6.92 Å². The van der Waals surface area contributed by atoms with Gasteiger partial charge in [0, 0.05) is 13.3 Å². The molecule has 0 saturated carbocycles. The summed E-state index contributed by atoms with van der Waals surface area (Å²) in [6, 6.07) is 0. The number of amides is 1. The van der Waals surface area contributed by atoms with E-state index in [1.807, 2.05) is 0 Å². The monoisotopic (exact) mass is 139 g/mol. The first-order valence-electron chi connectivity index (χ1n) is 3.06. The molecule has 4 nitrogen and oxygen atoms in total. The second kappa shape index (κ2) is 2.60. The summed E-state index contributed by atoms with van der Waals surface area (Å²) in [4.78, 5) is 18.5. The minimum Gasteiger partial charge on any atom is -0.294 e. The average molecular weight is 139 g/mol. The second-order valence-corrected chi connectivity index (χ2v) is 2.10. The fraction of sp³-hybridized carbons (Fsp3) is 0.500. The molecule has 1 amide bonds. The predicted molar refractivity (Wildman–Crippen MR) is 39.2 cm³/mol. The molecule has 0 radical (unpaired) electrons. The molecule has 0 fully saturated rings. The molecule has 1 N–H and O–H groups in total. The lowest BCUT2D eigenvalue weighted by Crippen LogP contribution is -2.38. The van der Waals surface area contributed by atoms with Gasteiger partial charge in [-0.3, -0.25) is 15.1 Å². The zero-order valence-corrected chi connectivity index (χ0v) is 5.96. The van der Waals surface area contributed by atoms with E-state index in [1.165, 1.54) is 0 Å². The Bertz CT molecular complexity index is 207. The van der Waals surface area contributed by atoms with Gasteiger partial charge in [0.05, 0.1) is 5.92 Å². The van der Waals surface area contributed by atoms with Gasteiger partial charge in [0.1, 0.15) is 0 Å². The number of hydrogen-bond acceptors (Lipinski definition) is 2. The van der Waals surface area contributed by atoms with Crippen molar-refractivity contribution in [3.05, 3.63) is 0 Å². The lowest BCUT2D eigenvalue weighted by atomic mass is 10.2. The maximum Gasteiger partial charge on any atom is 0.234 e. The lowest BCUT2D eigenvalue weighted by Gasteiger charge is -2.11. The van der Waals surface area contributed by atoms with Gasteiger partial charge in [-0.15, -0.1) is 0 Å². The Morgan fingerprint density at radius 3 is 3.00 bits per heavy atom. The number of hydrogen-bond donors (Lipinski definition) is 1. The van der Waals surface area contributed by atoms with E-state index in [0.717, 1.165) is 0 Å². The highest BCUT2D eigenvalue weighted by atomic mass is 16.2. The van der Waals surface area contributed by atoms with E-state index in [1.54, 1.807) is 20.2 Å². The molecule has 1 atom stereocenters. The topological polar surface area (TPSA) is 53.8 Å². The number of carbonyl (C=O) groups is 1. The third-order valence-electron chi connectivity index (χ3n) is 1.28. The summed E-state index contributed by atoms with van der Waals surface area (Å²) in [5.41, 5.74) is 0. The van der Waals surface area contributed by atoms with Gasteiger partial charge in [-0.1, -0.05) is 0 Å². The first-order chi connectivity index (χ1) is 4.74. The second-order valence-electron chi connectivity index (χ2n) is 2.10. The highest BCUT2D eigenvalue weighted by Gasteiger charge is 2.15. The highest BCUT2D eigenvalue weighted by Crippen LogP contribution is 1.96. The van der Waals surface area contributed by atoms with Crippen molar-refractivity contribution in [3.8, 4) is 0 Å². The standard InChI is InChI=1S/C6H9N3O/c1-4-3-8-6(7-2)9-5(4)10/h3-4H,1-2H3,(H,7,9,10). The van der Waals surface area contributed by atoms with Crippen molar-refractivity contribution >= 4 is 18.1 Å². The fourth-order valence-corrected chi connectivity index (χ4v) is 0.620. The van der Waals surface area contributed by atoms with E-state index in [4.69, 9.17) is 0 Å². The van der Waals surface area contributed by atoms with E-state index < -0.39 is 0 Å². The number of nitrogens with zero attached hydrogens (tertiary/aromatic N) is 2. The molecule has 1 rings (SSSR count). The number of nitrogens with one attached hydrogen (secondary N) is 1. The Balaban J connectivity index is 2.78. The van der Waals surface area contributed by atoms with Crippen LogP contribution in [0.3, 0.4) is 0 Å². The Hall–Kier alpha value is -1.19. The molecule has 1 aliphatic heterocycles. The smallest absolute Gasteiger partial charge is 0.234 e. The molecular weight excluding hydrogens is 130 g/mol. The van der Waals surface area contributed by atoms with Crippen molar-refractivity contribution in [1.29, 1.82) is 0 Å². The van der Waals surface area contributed by atoms with Crippen LogP contribution in [0.15, 0.2) is 9.98 Å². The molecule has 1 aliphatic rings. The molecule has 10 heavy (non-hydrogen) atoms. The number of rotatable bonds is 0. The molecule has 0 bridgehead atoms. The van der Waals surface area contributed by atoms with E-state index in [2.05, 4.69) is 15.3 Å². The van der Waals surface area contributed by atoms with Crippen LogP contribution in [-0.4, -0.2) is 25.1 Å². The predicted octanol–water partition coefficient (Wildman–Crippen LogP) is -0.191. The van der Waals surface area contributed by atoms with Gasteiger partial charge in [0.2, 0.25) is 11.9 Å². The zero-order chi connectivity index (χ0) is 7.56. The molecule has 0 spiro atoms. The molecule has 1 heterocycles. The van der Waals surface area contributed by atoms with Crippen LogP contribution in [-0.2, 0) is 4.79 Å². The Labute approximate surface area is 59.1 Å². The SMILES string of the molecule is CN=C1N=CC(C)C(=O)N1. The van der Waals surface area contributed by atoms with Crippen LogP contribution in [0.2, 0.25) is 0 Å². The van der Waals surface area contributed by atoms with Crippen molar-refractivity contribution in [3.63, 3.8) is 0 Å². The number of aliphatic imine (C=N–C) groups is 2. The third kappa shape index (κ3) is 1.21. The van der Waals surface area contributed by atoms with Crippen molar-refractivity contribution < 1.29 is 4.79 Å². The number of carbonyl (C=O) groups excluding carboxylic acids is 1. The van der Waals surface area contributed by atoms with E-state index in [9.17, 15) is 4.79 Å². The van der Waals surface area contributed by atoms with Crippen LogP contribution in [0.25, 0.3) is 0 Å². The van der Waals surface area contributed by atoms with Crippen LogP contribution < -0.4 is 5.32 Å². The van der Waals surface area contributed by atoms with Crippen LogP contribution >= 0.6 is 0 Å². The van der Waals surface area contributed by atoms with Gasteiger partial charge in [0.25, 0.3) is 0 Å². The Kier molecular flexibility index (Phi) is 1.80. The summed E-state index contributed by atoms with van der Waals surface area (Å²) in [7, 11) is 1.59. The Morgan fingerprint density at radius 1 is 1.80 bits per heavy atom. The number of guanidine groups is 1. The van der Waals surface area contributed by atoms with Crippen molar-refractivity contribution in [2.45, 2.75) is 6.92 Å². The highest BCUT2D eigenvalue weighted by molar-refractivity contribution is 6.10. The first-order valence-corrected chi connectivity index (χ1v) is 3.06. The summed E-state index contributed by atoms with van der Waals surface area (Å²) >= 11 is 0. The van der Waals surface area contributed by atoms with Gasteiger partial charge in [-0.25, -0.2) is 4.99 Å². The lowest BCUT2D eigenvalue weighted by molar-refractivity contribution is -0.121. The van der Waals surface area contributed by atoms with Crippen LogP contribution in [0.5, 0.6) is 0 Å². The largest absolute Gasteiger partial charge is 0.294 e. The van der Waals surface area contributed by atoms with Crippen LogP contribution in [0, 0.1) is 5.92 Å². The first kappa shape index (κ1) is 6.92. The van der Waals surface area contributed by atoms with Crippen LogP contribution in [0.4, 0.5) is 0 Å².